The number of morpholine rings is 1. The molecule has 0 spiro atoms. The summed E-state index contributed by atoms with van der Waals surface area (Å²) in [6.45, 7) is 5.71. The molecule has 0 radical (unpaired) electrons. The third kappa shape index (κ3) is 5.14. The van der Waals surface area contributed by atoms with Gasteiger partial charge in [0.1, 0.15) is 0 Å². The molecule has 150 valence electrons. The van der Waals surface area contributed by atoms with Gasteiger partial charge in [0.15, 0.2) is 0 Å². The third-order valence-corrected chi connectivity index (χ3v) is 6.18. The van der Waals surface area contributed by atoms with E-state index < -0.39 is 14.9 Å². The fraction of sp³-hybridized carbons (Fsp3) is 0.368. The van der Waals surface area contributed by atoms with Crippen molar-refractivity contribution in [2.24, 2.45) is 0 Å². The first-order valence-corrected chi connectivity index (χ1v) is 10.5. The molecule has 0 amide bonds. The summed E-state index contributed by atoms with van der Waals surface area (Å²) in [7, 11) is -3.87. The number of benzene rings is 2. The van der Waals surface area contributed by atoms with Gasteiger partial charge in [0.25, 0.3) is 5.69 Å². The zero-order valence-electron chi connectivity index (χ0n) is 15.6. The average Bonchev–Trinajstić information content (AvgIpc) is 2.67. The van der Waals surface area contributed by atoms with Gasteiger partial charge < -0.3 is 4.74 Å². The normalized spacial score (nSPS) is 15.5. The van der Waals surface area contributed by atoms with Crippen LogP contribution >= 0.6 is 0 Å². The highest BCUT2D eigenvalue weighted by molar-refractivity contribution is 7.89. The van der Waals surface area contributed by atoms with Crippen LogP contribution in [0.5, 0.6) is 0 Å². The largest absolute Gasteiger partial charge is 0.379 e. The highest BCUT2D eigenvalue weighted by Crippen LogP contribution is 2.22. The molecule has 0 aromatic heterocycles. The molecule has 0 bridgehead atoms. The van der Waals surface area contributed by atoms with E-state index in [0.717, 1.165) is 50.0 Å². The Morgan fingerprint density at radius 2 is 1.86 bits per heavy atom. The van der Waals surface area contributed by atoms with E-state index in [9.17, 15) is 18.5 Å². The molecule has 1 aliphatic rings. The number of rotatable bonds is 7. The van der Waals surface area contributed by atoms with Crippen LogP contribution in [0.25, 0.3) is 0 Å². The van der Waals surface area contributed by atoms with Crippen molar-refractivity contribution < 1.29 is 18.1 Å². The van der Waals surface area contributed by atoms with E-state index in [4.69, 9.17) is 4.74 Å². The van der Waals surface area contributed by atoms with Gasteiger partial charge in [0.05, 0.1) is 23.0 Å². The van der Waals surface area contributed by atoms with Gasteiger partial charge in [-0.3, -0.25) is 15.0 Å². The predicted octanol–water partition coefficient (Wildman–Crippen LogP) is 2.21. The lowest BCUT2D eigenvalue weighted by atomic mass is 10.1. The van der Waals surface area contributed by atoms with E-state index in [2.05, 4.69) is 9.62 Å². The summed E-state index contributed by atoms with van der Waals surface area (Å²) in [5.74, 6) is 0. The molecule has 1 aliphatic heterocycles. The first-order chi connectivity index (χ1) is 13.3. The van der Waals surface area contributed by atoms with Gasteiger partial charge >= 0.3 is 0 Å². The van der Waals surface area contributed by atoms with Gasteiger partial charge in [-0.15, -0.1) is 0 Å². The number of hydrogen-bond acceptors (Lipinski definition) is 6. The topological polar surface area (TPSA) is 102 Å². The fourth-order valence-electron chi connectivity index (χ4n) is 3.10. The number of nitrogens with zero attached hydrogens (tertiary/aromatic N) is 2. The second-order valence-corrected chi connectivity index (χ2v) is 8.48. The minimum atomic E-state index is -3.87. The second kappa shape index (κ2) is 8.78. The van der Waals surface area contributed by atoms with E-state index in [0.29, 0.717) is 5.56 Å². The van der Waals surface area contributed by atoms with E-state index >= 15 is 0 Å². The highest BCUT2D eigenvalue weighted by atomic mass is 32.2. The number of nitro groups is 1. The van der Waals surface area contributed by atoms with Crippen molar-refractivity contribution in [2.75, 3.05) is 26.3 Å². The molecule has 0 atom stereocenters. The number of aryl methyl sites for hydroxylation is 1. The molecule has 1 N–H and O–H groups in total. The lowest BCUT2D eigenvalue weighted by Crippen LogP contribution is -2.35. The Labute approximate surface area is 164 Å². The maximum absolute atomic E-state index is 12.6. The first-order valence-electron chi connectivity index (χ1n) is 8.98. The van der Waals surface area contributed by atoms with Gasteiger partial charge in [-0.05, 0) is 23.6 Å². The van der Waals surface area contributed by atoms with Crippen molar-refractivity contribution in [3.8, 4) is 0 Å². The van der Waals surface area contributed by atoms with Crippen molar-refractivity contribution in [3.63, 3.8) is 0 Å². The molecular formula is C19H23N3O5S. The molecule has 28 heavy (non-hydrogen) atoms. The second-order valence-electron chi connectivity index (χ2n) is 6.74. The van der Waals surface area contributed by atoms with E-state index in [-0.39, 0.29) is 17.1 Å². The molecule has 0 unspecified atom stereocenters. The minimum absolute atomic E-state index is 0.0776. The number of hydrogen-bond donors (Lipinski definition) is 1. The smallest absolute Gasteiger partial charge is 0.270 e. The van der Waals surface area contributed by atoms with Crippen LogP contribution in [-0.4, -0.2) is 44.5 Å². The Kier molecular flexibility index (Phi) is 6.40. The van der Waals surface area contributed by atoms with Crippen molar-refractivity contribution >= 4 is 15.7 Å². The Morgan fingerprint density at radius 3 is 2.57 bits per heavy atom. The number of non-ortho nitro benzene ring substituents is 1. The molecule has 9 heteroatoms. The van der Waals surface area contributed by atoms with Gasteiger partial charge in [-0.2, -0.15) is 0 Å². The van der Waals surface area contributed by atoms with Crippen LogP contribution < -0.4 is 4.72 Å². The molecule has 1 fully saturated rings. The highest BCUT2D eigenvalue weighted by Gasteiger charge is 2.20. The lowest BCUT2D eigenvalue weighted by molar-refractivity contribution is -0.385. The SMILES string of the molecule is Cc1ccc([N+](=O)[O-])cc1S(=O)(=O)NCc1cccc(CN2CCOCC2)c1. The summed E-state index contributed by atoms with van der Waals surface area (Å²) in [6.07, 6.45) is 0. The van der Waals surface area contributed by atoms with Crippen LogP contribution in [0.2, 0.25) is 0 Å². The number of nitrogens with one attached hydrogen (secondary N) is 1. The van der Waals surface area contributed by atoms with Gasteiger partial charge in [0.2, 0.25) is 10.0 Å². The van der Waals surface area contributed by atoms with Crippen molar-refractivity contribution in [2.45, 2.75) is 24.9 Å². The minimum Gasteiger partial charge on any atom is -0.379 e. The molecule has 0 aliphatic carbocycles. The van der Waals surface area contributed by atoms with Crippen molar-refractivity contribution in [1.82, 2.24) is 9.62 Å². The molecule has 0 saturated carbocycles. The maximum Gasteiger partial charge on any atom is 0.270 e. The zero-order chi connectivity index (χ0) is 20.1. The number of nitro benzene ring substituents is 1. The molecule has 3 rings (SSSR count). The van der Waals surface area contributed by atoms with Crippen LogP contribution in [0.15, 0.2) is 47.4 Å². The van der Waals surface area contributed by atoms with Crippen LogP contribution in [0, 0.1) is 17.0 Å². The van der Waals surface area contributed by atoms with Gasteiger partial charge in [-0.1, -0.05) is 30.3 Å². The Hall–Kier alpha value is -2.33. The quantitative estimate of drug-likeness (QED) is 0.560. The molecular weight excluding hydrogens is 382 g/mol. The molecule has 1 heterocycles. The Morgan fingerprint density at radius 1 is 1.14 bits per heavy atom. The van der Waals surface area contributed by atoms with Crippen molar-refractivity contribution in [1.29, 1.82) is 0 Å². The average molecular weight is 405 g/mol. The maximum atomic E-state index is 12.6. The lowest BCUT2D eigenvalue weighted by Gasteiger charge is -2.26. The third-order valence-electron chi connectivity index (χ3n) is 4.64. The van der Waals surface area contributed by atoms with Crippen LogP contribution in [0.3, 0.4) is 0 Å². The Bertz CT molecular complexity index is 956. The number of ether oxygens (including phenoxy) is 1. The summed E-state index contributed by atoms with van der Waals surface area (Å²) in [5, 5.41) is 11.0. The molecule has 2 aromatic carbocycles. The van der Waals surface area contributed by atoms with E-state index in [1.165, 1.54) is 12.1 Å². The predicted molar refractivity (Wildman–Crippen MR) is 104 cm³/mol. The Balaban J connectivity index is 1.70. The van der Waals surface area contributed by atoms with Crippen LogP contribution in [0.4, 0.5) is 5.69 Å². The van der Waals surface area contributed by atoms with Gasteiger partial charge in [-0.25, -0.2) is 13.1 Å². The van der Waals surface area contributed by atoms with Crippen molar-refractivity contribution in [3.05, 3.63) is 69.3 Å². The fourth-order valence-corrected chi connectivity index (χ4v) is 4.38. The first kappa shape index (κ1) is 20.4. The summed E-state index contributed by atoms with van der Waals surface area (Å²) >= 11 is 0. The van der Waals surface area contributed by atoms with E-state index in [1.807, 2.05) is 24.3 Å². The van der Waals surface area contributed by atoms with Crippen LogP contribution in [0.1, 0.15) is 16.7 Å². The summed E-state index contributed by atoms with van der Waals surface area (Å²) in [5.41, 5.74) is 2.14. The standard InChI is InChI=1S/C19H23N3O5S/c1-15-5-6-18(22(23)24)12-19(15)28(25,26)20-13-16-3-2-4-17(11-16)14-21-7-9-27-10-8-21/h2-6,11-12,20H,7-10,13-14H2,1H3. The van der Waals surface area contributed by atoms with Gasteiger partial charge in [0, 0.05) is 38.3 Å². The molecule has 2 aromatic rings. The summed E-state index contributed by atoms with van der Waals surface area (Å²) in [6, 6.07) is 11.6. The number of sulfonamides is 1. The monoisotopic (exact) mass is 405 g/mol. The molecule has 1 saturated heterocycles. The molecule has 8 nitrogen and oxygen atoms in total. The zero-order valence-corrected chi connectivity index (χ0v) is 16.4. The summed E-state index contributed by atoms with van der Waals surface area (Å²) < 4.78 is 33.2. The summed E-state index contributed by atoms with van der Waals surface area (Å²) in [4.78, 5) is 12.6. The van der Waals surface area contributed by atoms with E-state index in [1.54, 1.807) is 6.92 Å². The van der Waals surface area contributed by atoms with Crippen LogP contribution in [-0.2, 0) is 27.8 Å².